The summed E-state index contributed by atoms with van der Waals surface area (Å²) in [5.74, 6) is -1.29. The van der Waals surface area contributed by atoms with E-state index in [0.717, 1.165) is 39.2 Å². The van der Waals surface area contributed by atoms with Gasteiger partial charge < -0.3 is 20.1 Å². The molecular weight excluding hydrogens is 672 g/mol. The molecule has 1 aliphatic carbocycles. The molecule has 1 unspecified atom stereocenters. The number of nitrogens with zero attached hydrogens (tertiary/aromatic N) is 1. The molecule has 0 saturated heterocycles. The normalized spacial score (nSPS) is 13.7. The fourth-order valence-corrected chi connectivity index (χ4v) is 9.10. The molecule has 0 fully saturated rings. The van der Waals surface area contributed by atoms with Crippen LogP contribution in [0.15, 0.2) is 91.0 Å². The van der Waals surface area contributed by atoms with Gasteiger partial charge in [-0.1, -0.05) is 133 Å². The topological polar surface area (TPSA) is 95.9 Å². The third-order valence-electron chi connectivity index (χ3n) is 7.64. The van der Waals surface area contributed by atoms with Crippen LogP contribution in [0.2, 0.25) is 4.34 Å². The van der Waals surface area contributed by atoms with E-state index in [0.29, 0.717) is 15.0 Å². The molecule has 2 amide bonds. The highest BCUT2D eigenvalue weighted by atomic mass is 35.5. The van der Waals surface area contributed by atoms with E-state index in [4.69, 9.17) is 16.3 Å². The lowest BCUT2D eigenvalue weighted by Crippen LogP contribution is -2.53. The number of carbonyl (C=O) groups excluding carboxylic acids is 2. The van der Waals surface area contributed by atoms with Crippen molar-refractivity contribution in [3.05, 3.63) is 117 Å². The number of carbonyl (C=O) groups is 3. The van der Waals surface area contributed by atoms with Crippen molar-refractivity contribution in [1.29, 1.82) is 0 Å². The number of hydrogen-bond acceptors (Lipinski definition) is 7. The third kappa shape index (κ3) is 9.13. The SMILES string of the molecule is CC(C)(C)SSCC(CN(C(=O)c1ccc(Cl)s1)[C@@H](Cc1ccccc1)C(=O)O)NC(=O)OCC1c2ccccc2-c2ccccc21. The lowest BCUT2D eigenvalue weighted by atomic mass is 9.98. The smallest absolute Gasteiger partial charge is 0.407 e. The van der Waals surface area contributed by atoms with Gasteiger partial charge in [-0.25, -0.2) is 9.59 Å². The number of carboxylic acids is 1. The van der Waals surface area contributed by atoms with Gasteiger partial charge in [0.05, 0.1) is 15.3 Å². The van der Waals surface area contributed by atoms with Crippen molar-refractivity contribution < 1.29 is 24.2 Å². The number of rotatable bonds is 13. The Balaban J connectivity index is 1.37. The minimum Gasteiger partial charge on any atom is -0.480 e. The van der Waals surface area contributed by atoms with Crippen molar-refractivity contribution in [2.45, 2.75) is 49.9 Å². The molecule has 2 N–H and O–H groups in total. The van der Waals surface area contributed by atoms with Gasteiger partial charge in [0, 0.05) is 29.4 Å². The maximum Gasteiger partial charge on any atom is 0.407 e. The number of hydrogen-bond donors (Lipinski definition) is 2. The first-order valence-electron chi connectivity index (χ1n) is 15.3. The van der Waals surface area contributed by atoms with Gasteiger partial charge in [0.2, 0.25) is 0 Å². The Kier molecular flexibility index (Phi) is 11.6. The Morgan fingerprint density at radius 2 is 1.55 bits per heavy atom. The molecule has 2 atom stereocenters. The van der Waals surface area contributed by atoms with Crippen LogP contribution in [0.4, 0.5) is 4.79 Å². The zero-order valence-corrected chi connectivity index (χ0v) is 29.6. The average Bonchev–Trinajstić information content (AvgIpc) is 3.62. The summed E-state index contributed by atoms with van der Waals surface area (Å²) in [6.45, 7) is 6.37. The third-order valence-corrected chi connectivity index (χ3v) is 12.3. The van der Waals surface area contributed by atoms with Gasteiger partial charge in [-0.05, 0) is 39.9 Å². The number of carboxylic acid groups (broad SMARTS) is 1. The molecule has 0 radical (unpaired) electrons. The summed E-state index contributed by atoms with van der Waals surface area (Å²) >= 11 is 7.26. The summed E-state index contributed by atoms with van der Waals surface area (Å²) in [6, 6.07) is 26.9. The van der Waals surface area contributed by atoms with E-state index in [9.17, 15) is 19.5 Å². The highest BCUT2D eigenvalue weighted by Gasteiger charge is 2.35. The molecule has 246 valence electrons. The number of nitrogens with one attached hydrogen (secondary N) is 1. The van der Waals surface area contributed by atoms with E-state index in [1.807, 2.05) is 54.6 Å². The summed E-state index contributed by atoms with van der Waals surface area (Å²) in [5, 5.41) is 13.4. The predicted octanol–water partition coefficient (Wildman–Crippen LogP) is 8.63. The Hall–Kier alpha value is -3.44. The van der Waals surface area contributed by atoms with E-state index < -0.39 is 30.1 Å². The van der Waals surface area contributed by atoms with Crippen LogP contribution in [-0.4, -0.2) is 63.7 Å². The average molecular weight is 709 g/mol. The number of benzene rings is 3. The zero-order valence-electron chi connectivity index (χ0n) is 26.4. The van der Waals surface area contributed by atoms with Crippen molar-refractivity contribution >= 4 is 62.5 Å². The van der Waals surface area contributed by atoms with E-state index in [2.05, 4.69) is 50.4 Å². The number of aliphatic carboxylic acids is 1. The molecule has 1 heterocycles. The Morgan fingerprint density at radius 1 is 0.936 bits per heavy atom. The summed E-state index contributed by atoms with van der Waals surface area (Å²) in [6.07, 6.45) is -0.525. The monoisotopic (exact) mass is 708 g/mol. The van der Waals surface area contributed by atoms with E-state index in [1.54, 1.807) is 33.7 Å². The minimum atomic E-state index is -1.18. The van der Waals surface area contributed by atoms with Crippen LogP contribution in [0.25, 0.3) is 11.1 Å². The second kappa shape index (κ2) is 15.6. The maximum atomic E-state index is 13.9. The van der Waals surface area contributed by atoms with Crippen molar-refractivity contribution in [3.8, 4) is 11.1 Å². The number of amides is 2. The van der Waals surface area contributed by atoms with Crippen LogP contribution in [0.1, 0.15) is 53.1 Å². The second-order valence-electron chi connectivity index (χ2n) is 12.3. The molecule has 0 saturated carbocycles. The molecule has 4 aromatic rings. The fraction of sp³-hybridized carbons (Fsp3) is 0.306. The summed E-state index contributed by atoms with van der Waals surface area (Å²) < 4.78 is 6.22. The van der Waals surface area contributed by atoms with Crippen LogP contribution >= 0.6 is 44.5 Å². The number of halogens is 1. The molecule has 7 nitrogen and oxygen atoms in total. The lowest BCUT2D eigenvalue weighted by molar-refractivity contribution is -0.142. The molecule has 3 aromatic carbocycles. The van der Waals surface area contributed by atoms with Gasteiger partial charge in [0.15, 0.2) is 0 Å². The van der Waals surface area contributed by atoms with Crippen LogP contribution in [0.3, 0.4) is 0 Å². The first-order chi connectivity index (χ1) is 22.5. The highest BCUT2D eigenvalue weighted by Crippen LogP contribution is 2.44. The van der Waals surface area contributed by atoms with Crippen molar-refractivity contribution in [2.24, 2.45) is 0 Å². The van der Waals surface area contributed by atoms with Crippen molar-refractivity contribution in [3.63, 3.8) is 0 Å². The predicted molar refractivity (Wildman–Crippen MR) is 194 cm³/mol. The summed E-state index contributed by atoms with van der Waals surface area (Å²) in [4.78, 5) is 41.8. The number of fused-ring (bicyclic) bond motifs is 3. The molecular formula is C36H37ClN2O5S3. The quantitative estimate of drug-likeness (QED) is 0.134. The van der Waals surface area contributed by atoms with Crippen LogP contribution in [0, 0.1) is 0 Å². The number of ether oxygens (including phenoxy) is 1. The van der Waals surface area contributed by atoms with E-state index >= 15 is 0 Å². The molecule has 0 spiro atoms. The zero-order chi connectivity index (χ0) is 33.6. The van der Waals surface area contributed by atoms with Crippen LogP contribution in [-0.2, 0) is 16.0 Å². The van der Waals surface area contributed by atoms with Gasteiger partial charge in [-0.15, -0.1) is 11.3 Å². The Morgan fingerprint density at radius 3 is 2.13 bits per heavy atom. The molecule has 11 heteroatoms. The van der Waals surface area contributed by atoms with Crippen molar-refractivity contribution in [2.75, 3.05) is 18.9 Å². The molecule has 1 aliphatic rings. The fourth-order valence-electron chi connectivity index (χ4n) is 5.57. The summed E-state index contributed by atoms with van der Waals surface area (Å²) in [5.41, 5.74) is 5.25. The van der Waals surface area contributed by atoms with Gasteiger partial charge in [-0.2, -0.15) is 0 Å². The number of alkyl carbamates (subject to hydrolysis) is 1. The van der Waals surface area contributed by atoms with Crippen molar-refractivity contribution in [1.82, 2.24) is 10.2 Å². The van der Waals surface area contributed by atoms with Crippen LogP contribution < -0.4 is 5.32 Å². The Labute approximate surface area is 292 Å². The van der Waals surface area contributed by atoms with E-state index in [1.165, 1.54) is 4.90 Å². The molecule has 1 aromatic heterocycles. The minimum absolute atomic E-state index is 0.0416. The lowest BCUT2D eigenvalue weighted by Gasteiger charge is -2.32. The maximum absolute atomic E-state index is 13.9. The van der Waals surface area contributed by atoms with Gasteiger partial charge in [0.25, 0.3) is 5.91 Å². The van der Waals surface area contributed by atoms with Gasteiger partial charge in [-0.3, -0.25) is 4.79 Å². The second-order valence-corrected chi connectivity index (χ2v) is 17.1. The standard InChI is InChI=1S/C36H37ClN2O5S3/c1-36(2,3)47-45-22-24(38-35(43)44-21-29-27-15-9-7-13-25(27)26-14-8-10-16-28(26)29)20-39(33(40)31-17-18-32(37)46-31)30(34(41)42)19-23-11-5-4-6-12-23/h4-18,24,29-30H,19-22H2,1-3H3,(H,38,43)(H,41,42)/t24?,30-/m0/s1. The molecule has 5 rings (SSSR count). The molecule has 47 heavy (non-hydrogen) atoms. The van der Waals surface area contributed by atoms with E-state index in [-0.39, 0.29) is 30.2 Å². The molecule has 0 bridgehead atoms. The first kappa shape index (κ1) is 34.9. The first-order valence-corrected chi connectivity index (χ1v) is 18.8. The molecule has 0 aliphatic heterocycles. The number of thiophene rings is 1. The largest absolute Gasteiger partial charge is 0.480 e. The van der Waals surface area contributed by atoms with Crippen LogP contribution in [0.5, 0.6) is 0 Å². The Bertz CT molecular complexity index is 1660. The highest BCUT2D eigenvalue weighted by molar-refractivity contribution is 8.77. The summed E-state index contributed by atoms with van der Waals surface area (Å²) in [7, 11) is 3.20. The van der Waals surface area contributed by atoms with Gasteiger partial charge in [0.1, 0.15) is 12.6 Å². The van der Waals surface area contributed by atoms with Gasteiger partial charge >= 0.3 is 12.1 Å².